The Kier molecular flexibility index (Phi) is 4.53. The van der Waals surface area contributed by atoms with Crippen molar-refractivity contribution in [1.82, 2.24) is 14.3 Å². The fourth-order valence-corrected chi connectivity index (χ4v) is 4.67. The van der Waals surface area contributed by atoms with Crippen molar-refractivity contribution in [2.75, 3.05) is 18.1 Å². The van der Waals surface area contributed by atoms with Crippen molar-refractivity contribution in [2.45, 2.75) is 20.8 Å². The molecular formula is C8H16N4O5S2. The number of hydrogen-bond donors (Lipinski definition) is 1. The Bertz CT molecular complexity index is 561. The van der Waals surface area contributed by atoms with Crippen LogP contribution in [0.3, 0.4) is 0 Å². The fraction of sp³-hybridized carbons (Fsp3) is 0.750. The summed E-state index contributed by atoms with van der Waals surface area (Å²) in [7, 11) is -8.26. The Balaban J connectivity index is 3.35. The number of nitrogens with zero attached hydrogens (tertiary/aromatic N) is 3. The molecule has 0 fully saturated rings. The molecule has 0 saturated heterocycles. The van der Waals surface area contributed by atoms with Crippen molar-refractivity contribution in [3.63, 3.8) is 0 Å². The van der Waals surface area contributed by atoms with Crippen molar-refractivity contribution in [3.05, 3.63) is 0 Å². The Morgan fingerprint density at radius 3 is 2.11 bits per heavy atom. The quantitative estimate of drug-likeness (QED) is 0.721. The van der Waals surface area contributed by atoms with Crippen LogP contribution in [0.4, 0.5) is 4.79 Å². The summed E-state index contributed by atoms with van der Waals surface area (Å²) in [5, 5.41) is 4.24. The van der Waals surface area contributed by atoms with Gasteiger partial charge in [0.05, 0.1) is 23.8 Å². The van der Waals surface area contributed by atoms with Crippen molar-refractivity contribution >= 4 is 31.8 Å². The molecule has 1 rings (SSSR count). The molecule has 0 aromatic heterocycles. The van der Waals surface area contributed by atoms with Crippen LogP contribution in [-0.4, -0.2) is 55.5 Å². The summed E-state index contributed by atoms with van der Waals surface area (Å²) in [6.07, 6.45) is 0. The van der Waals surface area contributed by atoms with Gasteiger partial charge in [0.1, 0.15) is 0 Å². The Morgan fingerprint density at radius 2 is 1.68 bits per heavy atom. The standard InChI is InChI=1S/C8H16N4O5S2/c1-4-18(14,15)12(19(16,17)5-2)11-6-7(3)9-10-8(11)13/h4-6H2,1-3H3,(H,10,13). The number of sulfonamides is 2. The number of nitrogens with one attached hydrogen (secondary N) is 1. The zero-order valence-electron chi connectivity index (χ0n) is 10.8. The molecule has 0 spiro atoms. The molecule has 1 heterocycles. The van der Waals surface area contributed by atoms with Gasteiger partial charge in [-0.05, 0) is 20.8 Å². The lowest BCUT2D eigenvalue weighted by Crippen LogP contribution is -2.58. The number of hydrogen-bond acceptors (Lipinski definition) is 6. The van der Waals surface area contributed by atoms with E-state index in [0.717, 1.165) is 0 Å². The van der Waals surface area contributed by atoms with E-state index in [-0.39, 0.29) is 10.4 Å². The maximum atomic E-state index is 11.9. The van der Waals surface area contributed by atoms with E-state index < -0.39 is 37.6 Å². The maximum absolute atomic E-state index is 11.9. The highest BCUT2D eigenvalue weighted by atomic mass is 32.3. The predicted molar refractivity (Wildman–Crippen MR) is 69.1 cm³/mol. The van der Waals surface area contributed by atoms with Crippen LogP contribution in [-0.2, 0) is 20.0 Å². The van der Waals surface area contributed by atoms with Gasteiger partial charge in [-0.3, -0.25) is 0 Å². The van der Waals surface area contributed by atoms with Crippen LogP contribution < -0.4 is 5.43 Å². The Hall–Kier alpha value is -1.20. The van der Waals surface area contributed by atoms with Gasteiger partial charge in [-0.1, -0.05) is 0 Å². The summed E-state index contributed by atoms with van der Waals surface area (Å²) in [6, 6.07) is -0.903. The third-order valence-corrected chi connectivity index (χ3v) is 6.53. The summed E-state index contributed by atoms with van der Waals surface area (Å²) in [6.45, 7) is 3.94. The molecule has 0 aromatic carbocycles. The molecule has 1 aliphatic rings. The number of urea groups is 1. The van der Waals surface area contributed by atoms with E-state index in [4.69, 9.17) is 0 Å². The van der Waals surface area contributed by atoms with E-state index in [9.17, 15) is 21.6 Å². The summed E-state index contributed by atoms with van der Waals surface area (Å²) in [4.78, 5) is 11.6. The molecule has 9 nitrogen and oxygen atoms in total. The smallest absolute Gasteiger partial charge is 0.245 e. The van der Waals surface area contributed by atoms with Gasteiger partial charge in [0, 0.05) is 3.82 Å². The van der Waals surface area contributed by atoms with Crippen LogP contribution in [0.15, 0.2) is 5.10 Å². The average molecular weight is 312 g/mol. The molecule has 1 N–H and O–H groups in total. The lowest BCUT2D eigenvalue weighted by molar-refractivity contribution is 0.152. The van der Waals surface area contributed by atoms with Gasteiger partial charge in [-0.25, -0.2) is 32.1 Å². The van der Waals surface area contributed by atoms with Crippen LogP contribution in [0.5, 0.6) is 0 Å². The molecule has 0 unspecified atom stereocenters. The van der Waals surface area contributed by atoms with E-state index in [1.807, 2.05) is 0 Å². The van der Waals surface area contributed by atoms with E-state index in [0.29, 0.717) is 10.7 Å². The molecule has 0 saturated carbocycles. The summed E-state index contributed by atoms with van der Waals surface area (Å²) in [5.41, 5.74) is 2.45. The van der Waals surface area contributed by atoms with Crippen LogP contribution in [0.2, 0.25) is 0 Å². The number of rotatable bonds is 5. The van der Waals surface area contributed by atoms with Crippen molar-refractivity contribution < 1.29 is 21.6 Å². The van der Waals surface area contributed by atoms with Gasteiger partial charge >= 0.3 is 6.03 Å². The molecule has 19 heavy (non-hydrogen) atoms. The first kappa shape index (κ1) is 15.9. The fourth-order valence-electron chi connectivity index (χ4n) is 1.35. The van der Waals surface area contributed by atoms with Crippen molar-refractivity contribution in [1.29, 1.82) is 0 Å². The third kappa shape index (κ3) is 3.22. The molecule has 110 valence electrons. The zero-order valence-corrected chi connectivity index (χ0v) is 12.5. The van der Waals surface area contributed by atoms with Crippen LogP contribution in [0.1, 0.15) is 20.8 Å². The second-order valence-corrected chi connectivity index (χ2v) is 8.21. The second-order valence-electron chi connectivity index (χ2n) is 3.80. The average Bonchev–Trinajstić information content (AvgIpc) is 2.33. The molecule has 0 radical (unpaired) electrons. The lowest BCUT2D eigenvalue weighted by Gasteiger charge is -2.33. The summed E-state index contributed by atoms with van der Waals surface area (Å²) >= 11 is 0. The maximum Gasteiger partial charge on any atom is 0.354 e. The van der Waals surface area contributed by atoms with Gasteiger partial charge in [-0.2, -0.15) is 5.10 Å². The first-order chi connectivity index (χ1) is 8.65. The van der Waals surface area contributed by atoms with E-state index in [1.54, 1.807) is 6.92 Å². The molecule has 1 aliphatic heterocycles. The molecule has 0 aliphatic carbocycles. The summed E-state index contributed by atoms with van der Waals surface area (Å²) in [5.74, 6) is -0.877. The number of hydrazine groups is 1. The van der Waals surface area contributed by atoms with Gasteiger partial charge in [0.2, 0.25) is 20.0 Å². The van der Waals surface area contributed by atoms with Crippen molar-refractivity contribution in [2.24, 2.45) is 5.10 Å². The number of carbonyl (C=O) groups is 1. The monoisotopic (exact) mass is 312 g/mol. The Morgan fingerprint density at radius 1 is 1.21 bits per heavy atom. The van der Waals surface area contributed by atoms with Gasteiger partial charge < -0.3 is 0 Å². The highest BCUT2D eigenvalue weighted by Gasteiger charge is 2.41. The molecular weight excluding hydrogens is 296 g/mol. The topological polar surface area (TPSA) is 116 Å². The first-order valence-corrected chi connectivity index (χ1v) is 8.74. The van der Waals surface area contributed by atoms with E-state index >= 15 is 0 Å². The van der Waals surface area contributed by atoms with Crippen LogP contribution in [0.25, 0.3) is 0 Å². The molecule has 0 atom stereocenters. The third-order valence-electron chi connectivity index (χ3n) is 2.36. The van der Waals surface area contributed by atoms with Gasteiger partial charge in [0.25, 0.3) is 0 Å². The molecule has 0 bridgehead atoms. The molecule has 2 amide bonds. The number of carbonyl (C=O) groups excluding carboxylic acids is 1. The predicted octanol–water partition coefficient (Wildman–Crippen LogP) is -0.696. The number of hydrazone groups is 1. The molecule has 11 heteroatoms. The highest BCUT2D eigenvalue weighted by Crippen LogP contribution is 2.16. The van der Waals surface area contributed by atoms with Crippen molar-refractivity contribution in [3.8, 4) is 0 Å². The van der Waals surface area contributed by atoms with E-state index in [2.05, 4.69) is 10.5 Å². The van der Waals surface area contributed by atoms with Gasteiger partial charge in [-0.15, -0.1) is 0 Å². The highest BCUT2D eigenvalue weighted by molar-refractivity contribution is 8.03. The SMILES string of the molecule is CCS(=O)(=O)N(N1CC(C)=NNC1=O)S(=O)(=O)CC. The molecule has 0 aromatic rings. The van der Waals surface area contributed by atoms with Crippen LogP contribution >= 0.6 is 0 Å². The van der Waals surface area contributed by atoms with Gasteiger partial charge in [0.15, 0.2) is 0 Å². The normalized spacial score (nSPS) is 17.4. The zero-order chi connectivity index (χ0) is 14.8. The number of amides is 2. The second kappa shape index (κ2) is 5.43. The first-order valence-electron chi connectivity index (χ1n) is 5.52. The minimum Gasteiger partial charge on any atom is -0.245 e. The van der Waals surface area contributed by atoms with Crippen LogP contribution in [0, 0.1) is 0 Å². The summed E-state index contributed by atoms with van der Waals surface area (Å²) < 4.78 is 47.9. The Labute approximate surface area is 112 Å². The largest absolute Gasteiger partial charge is 0.354 e. The minimum absolute atomic E-state index is 0.160. The minimum atomic E-state index is -4.13. The lowest BCUT2D eigenvalue weighted by atomic mass is 10.4. The van der Waals surface area contributed by atoms with E-state index in [1.165, 1.54) is 13.8 Å².